The molecule has 1 heterocycles. The van der Waals surface area contributed by atoms with Gasteiger partial charge in [0.2, 0.25) is 5.89 Å². The first-order valence-electron chi connectivity index (χ1n) is 5.54. The normalized spacial score (nSPS) is 18.5. The second kappa shape index (κ2) is 4.61. The molecule has 0 bridgehead atoms. The standard InChI is InChI=1S/C10H18N4O/c1-7(11-2)9-13-14-10(15-9)12-6-8-4-3-5-8/h7-8,11H,3-6H2,1-2H3,(H,12,14). The number of anilines is 1. The molecular formula is C10H18N4O. The molecule has 1 aromatic heterocycles. The number of nitrogens with zero attached hydrogens (tertiary/aromatic N) is 2. The topological polar surface area (TPSA) is 63.0 Å². The van der Waals surface area contributed by atoms with Crippen molar-refractivity contribution in [2.75, 3.05) is 18.9 Å². The first-order valence-corrected chi connectivity index (χ1v) is 5.54. The number of rotatable bonds is 5. The molecule has 1 atom stereocenters. The molecule has 2 N–H and O–H groups in total. The maximum Gasteiger partial charge on any atom is 0.315 e. The summed E-state index contributed by atoms with van der Waals surface area (Å²) in [6.45, 7) is 2.94. The highest BCUT2D eigenvalue weighted by molar-refractivity contribution is 5.17. The zero-order valence-electron chi connectivity index (χ0n) is 9.29. The van der Waals surface area contributed by atoms with Crippen molar-refractivity contribution in [3.63, 3.8) is 0 Å². The van der Waals surface area contributed by atoms with E-state index >= 15 is 0 Å². The number of hydrogen-bond donors (Lipinski definition) is 2. The average Bonchev–Trinajstić information content (AvgIpc) is 2.63. The van der Waals surface area contributed by atoms with Crippen molar-refractivity contribution >= 4 is 6.01 Å². The van der Waals surface area contributed by atoms with Crippen molar-refractivity contribution in [1.29, 1.82) is 0 Å². The predicted molar refractivity (Wildman–Crippen MR) is 57.6 cm³/mol. The number of hydrogen-bond acceptors (Lipinski definition) is 5. The van der Waals surface area contributed by atoms with Gasteiger partial charge in [-0.2, -0.15) is 0 Å². The minimum atomic E-state index is 0.108. The molecule has 1 saturated carbocycles. The van der Waals surface area contributed by atoms with Crippen molar-refractivity contribution in [2.45, 2.75) is 32.2 Å². The predicted octanol–water partition coefficient (Wildman–Crippen LogP) is 1.56. The molecule has 1 unspecified atom stereocenters. The van der Waals surface area contributed by atoms with E-state index in [1.807, 2.05) is 14.0 Å². The quantitative estimate of drug-likeness (QED) is 0.772. The van der Waals surface area contributed by atoms with E-state index in [1.165, 1.54) is 19.3 Å². The van der Waals surface area contributed by atoms with Gasteiger partial charge in [0.15, 0.2) is 0 Å². The third kappa shape index (κ3) is 2.47. The van der Waals surface area contributed by atoms with Crippen LogP contribution in [0.2, 0.25) is 0 Å². The third-order valence-electron chi connectivity index (χ3n) is 3.01. The van der Waals surface area contributed by atoms with Crippen LogP contribution >= 0.6 is 0 Å². The highest BCUT2D eigenvalue weighted by Gasteiger charge is 2.18. The van der Waals surface area contributed by atoms with Gasteiger partial charge >= 0.3 is 6.01 Å². The summed E-state index contributed by atoms with van der Waals surface area (Å²) in [6, 6.07) is 0.649. The molecule has 0 aromatic carbocycles. The van der Waals surface area contributed by atoms with E-state index in [2.05, 4.69) is 20.8 Å². The second-order valence-electron chi connectivity index (χ2n) is 4.13. The van der Waals surface area contributed by atoms with Gasteiger partial charge in [0, 0.05) is 6.54 Å². The van der Waals surface area contributed by atoms with Crippen LogP contribution in [0, 0.1) is 5.92 Å². The van der Waals surface area contributed by atoms with Crippen molar-refractivity contribution in [1.82, 2.24) is 15.5 Å². The lowest BCUT2D eigenvalue weighted by atomic mass is 9.85. The van der Waals surface area contributed by atoms with Gasteiger partial charge < -0.3 is 15.1 Å². The van der Waals surface area contributed by atoms with Crippen LogP contribution in [0.15, 0.2) is 4.42 Å². The Morgan fingerprint density at radius 3 is 2.87 bits per heavy atom. The minimum absolute atomic E-state index is 0.108. The molecule has 1 aliphatic carbocycles. The van der Waals surface area contributed by atoms with E-state index in [9.17, 15) is 0 Å². The summed E-state index contributed by atoms with van der Waals surface area (Å²) in [5.41, 5.74) is 0. The SMILES string of the molecule is CNC(C)c1nnc(NCC2CCC2)o1. The lowest BCUT2D eigenvalue weighted by molar-refractivity contribution is 0.330. The molecule has 0 spiro atoms. The highest BCUT2D eigenvalue weighted by atomic mass is 16.4. The Morgan fingerprint density at radius 1 is 1.47 bits per heavy atom. The van der Waals surface area contributed by atoms with Crippen LogP contribution < -0.4 is 10.6 Å². The van der Waals surface area contributed by atoms with Crippen LogP contribution in [0.4, 0.5) is 6.01 Å². The summed E-state index contributed by atoms with van der Waals surface area (Å²) >= 11 is 0. The van der Waals surface area contributed by atoms with E-state index < -0.39 is 0 Å². The minimum Gasteiger partial charge on any atom is -0.406 e. The first kappa shape index (κ1) is 10.4. The molecule has 84 valence electrons. The zero-order valence-corrected chi connectivity index (χ0v) is 9.29. The Bertz CT molecular complexity index is 308. The van der Waals surface area contributed by atoms with E-state index in [0.29, 0.717) is 11.9 Å². The van der Waals surface area contributed by atoms with Gasteiger partial charge in [-0.05, 0) is 32.7 Å². The fourth-order valence-electron chi connectivity index (χ4n) is 1.53. The van der Waals surface area contributed by atoms with Crippen LogP contribution in [0.1, 0.15) is 38.1 Å². The zero-order chi connectivity index (χ0) is 10.7. The smallest absolute Gasteiger partial charge is 0.315 e. The molecule has 2 rings (SSSR count). The van der Waals surface area contributed by atoms with Gasteiger partial charge in [-0.3, -0.25) is 0 Å². The van der Waals surface area contributed by atoms with E-state index in [0.717, 1.165) is 12.5 Å². The van der Waals surface area contributed by atoms with Gasteiger partial charge in [0.1, 0.15) is 0 Å². The summed E-state index contributed by atoms with van der Waals surface area (Å²) in [5, 5.41) is 14.2. The molecule has 0 aliphatic heterocycles. The Labute approximate surface area is 89.6 Å². The summed E-state index contributed by atoms with van der Waals surface area (Å²) in [7, 11) is 1.87. The maximum atomic E-state index is 5.46. The summed E-state index contributed by atoms with van der Waals surface area (Å²) in [6.07, 6.45) is 4.00. The molecule has 0 saturated heterocycles. The fourth-order valence-corrected chi connectivity index (χ4v) is 1.53. The van der Waals surface area contributed by atoms with Crippen LogP contribution in [0.25, 0.3) is 0 Å². The number of aromatic nitrogens is 2. The molecule has 0 radical (unpaired) electrons. The van der Waals surface area contributed by atoms with E-state index in [-0.39, 0.29) is 6.04 Å². The summed E-state index contributed by atoms with van der Waals surface area (Å²) in [4.78, 5) is 0. The Hall–Kier alpha value is -1.10. The second-order valence-corrected chi connectivity index (χ2v) is 4.13. The largest absolute Gasteiger partial charge is 0.406 e. The lowest BCUT2D eigenvalue weighted by Gasteiger charge is -2.24. The average molecular weight is 210 g/mol. The van der Waals surface area contributed by atoms with Crippen molar-refractivity contribution in [2.24, 2.45) is 5.92 Å². The molecule has 0 amide bonds. The van der Waals surface area contributed by atoms with Crippen LogP contribution in [0.5, 0.6) is 0 Å². The van der Waals surface area contributed by atoms with Crippen LogP contribution in [-0.4, -0.2) is 23.8 Å². The lowest BCUT2D eigenvalue weighted by Crippen LogP contribution is -2.20. The molecule has 1 aliphatic rings. The third-order valence-corrected chi connectivity index (χ3v) is 3.01. The molecule has 1 fully saturated rings. The van der Waals surface area contributed by atoms with Gasteiger partial charge in [-0.1, -0.05) is 11.5 Å². The Kier molecular flexibility index (Phi) is 3.20. The van der Waals surface area contributed by atoms with Gasteiger partial charge in [0.25, 0.3) is 0 Å². The first-order chi connectivity index (χ1) is 7.29. The summed E-state index contributed by atoms with van der Waals surface area (Å²) in [5.74, 6) is 1.43. The monoisotopic (exact) mass is 210 g/mol. The summed E-state index contributed by atoms with van der Waals surface area (Å²) < 4.78 is 5.46. The maximum absolute atomic E-state index is 5.46. The van der Waals surface area contributed by atoms with Crippen LogP contribution in [-0.2, 0) is 0 Å². The van der Waals surface area contributed by atoms with Crippen molar-refractivity contribution in [3.05, 3.63) is 5.89 Å². The molecule has 5 nitrogen and oxygen atoms in total. The molecular weight excluding hydrogens is 192 g/mol. The molecule has 15 heavy (non-hydrogen) atoms. The van der Waals surface area contributed by atoms with Gasteiger partial charge in [-0.25, -0.2) is 0 Å². The number of nitrogens with one attached hydrogen (secondary N) is 2. The van der Waals surface area contributed by atoms with Crippen molar-refractivity contribution < 1.29 is 4.42 Å². The Morgan fingerprint density at radius 2 is 2.27 bits per heavy atom. The fraction of sp³-hybridized carbons (Fsp3) is 0.800. The van der Waals surface area contributed by atoms with E-state index in [4.69, 9.17) is 4.42 Å². The van der Waals surface area contributed by atoms with E-state index in [1.54, 1.807) is 0 Å². The van der Waals surface area contributed by atoms with Gasteiger partial charge in [-0.15, -0.1) is 5.10 Å². The molecule has 5 heteroatoms. The van der Waals surface area contributed by atoms with Gasteiger partial charge in [0.05, 0.1) is 6.04 Å². The van der Waals surface area contributed by atoms with Crippen LogP contribution in [0.3, 0.4) is 0 Å². The Balaban J connectivity index is 1.83. The highest BCUT2D eigenvalue weighted by Crippen LogP contribution is 2.26. The van der Waals surface area contributed by atoms with Crippen molar-refractivity contribution in [3.8, 4) is 0 Å². The molecule has 1 aromatic rings.